The number of nitrogens with one attached hydrogen (secondary N) is 1. The quantitative estimate of drug-likeness (QED) is 0.678. The van der Waals surface area contributed by atoms with Gasteiger partial charge in [-0.05, 0) is 52.7 Å². The van der Waals surface area contributed by atoms with Crippen molar-refractivity contribution in [3.8, 4) is 0 Å². The van der Waals surface area contributed by atoms with Crippen molar-refractivity contribution in [3.05, 3.63) is 0 Å². The molecule has 18 heavy (non-hydrogen) atoms. The van der Waals surface area contributed by atoms with Gasteiger partial charge in [-0.1, -0.05) is 19.8 Å². The minimum Gasteiger partial charge on any atom is -0.368 e. The first kappa shape index (κ1) is 15.4. The third kappa shape index (κ3) is 3.69. The largest absolute Gasteiger partial charge is 0.368 e. The Morgan fingerprint density at radius 2 is 2.22 bits per heavy atom. The van der Waals surface area contributed by atoms with E-state index in [4.69, 9.17) is 5.73 Å². The molecule has 3 N–H and O–H groups in total. The van der Waals surface area contributed by atoms with Crippen LogP contribution in [0.5, 0.6) is 0 Å². The summed E-state index contributed by atoms with van der Waals surface area (Å²) in [6.45, 7) is 3.34. The zero-order chi connectivity index (χ0) is 13.6. The van der Waals surface area contributed by atoms with Crippen LogP contribution in [0.3, 0.4) is 0 Å². The van der Waals surface area contributed by atoms with E-state index in [1.807, 2.05) is 7.05 Å². The van der Waals surface area contributed by atoms with E-state index in [9.17, 15) is 4.79 Å². The molecule has 0 heterocycles. The van der Waals surface area contributed by atoms with Crippen LogP contribution >= 0.6 is 0 Å². The summed E-state index contributed by atoms with van der Waals surface area (Å²) in [6, 6.07) is 0.482. The van der Waals surface area contributed by atoms with Crippen molar-refractivity contribution in [2.75, 3.05) is 20.6 Å². The van der Waals surface area contributed by atoms with Crippen molar-refractivity contribution in [3.63, 3.8) is 0 Å². The molecule has 4 heteroatoms. The van der Waals surface area contributed by atoms with Gasteiger partial charge in [0, 0.05) is 6.04 Å². The highest BCUT2D eigenvalue weighted by Gasteiger charge is 2.40. The van der Waals surface area contributed by atoms with E-state index in [1.165, 1.54) is 25.7 Å². The number of likely N-dealkylation sites (N-methyl/N-ethyl adjacent to an activating group) is 1. The van der Waals surface area contributed by atoms with E-state index in [-0.39, 0.29) is 5.91 Å². The minimum atomic E-state index is -0.484. The molecule has 0 aromatic heterocycles. The fourth-order valence-corrected chi connectivity index (χ4v) is 2.99. The average molecular weight is 255 g/mol. The maximum atomic E-state index is 11.7. The summed E-state index contributed by atoms with van der Waals surface area (Å²) < 4.78 is 0. The number of rotatable bonds is 7. The molecule has 0 bridgehead atoms. The Hall–Kier alpha value is -0.610. The van der Waals surface area contributed by atoms with Crippen molar-refractivity contribution in [1.29, 1.82) is 0 Å². The van der Waals surface area contributed by atoms with Crippen LogP contribution in [0.1, 0.15) is 51.9 Å². The van der Waals surface area contributed by atoms with Crippen LogP contribution in [0.2, 0.25) is 0 Å². The predicted molar refractivity (Wildman–Crippen MR) is 75.4 cm³/mol. The summed E-state index contributed by atoms with van der Waals surface area (Å²) in [6.07, 6.45) is 7.75. The average Bonchev–Trinajstić information content (AvgIpc) is 2.38. The Morgan fingerprint density at radius 1 is 1.50 bits per heavy atom. The van der Waals surface area contributed by atoms with Gasteiger partial charge in [-0.3, -0.25) is 4.79 Å². The summed E-state index contributed by atoms with van der Waals surface area (Å²) in [7, 11) is 4.03. The molecule has 0 saturated heterocycles. The van der Waals surface area contributed by atoms with E-state index in [2.05, 4.69) is 24.2 Å². The molecule has 1 aliphatic carbocycles. The highest BCUT2D eigenvalue weighted by molar-refractivity contribution is 5.84. The third-order valence-corrected chi connectivity index (χ3v) is 4.41. The molecule has 0 radical (unpaired) electrons. The zero-order valence-electron chi connectivity index (χ0n) is 12.2. The molecule has 1 amide bonds. The van der Waals surface area contributed by atoms with E-state index >= 15 is 0 Å². The van der Waals surface area contributed by atoms with Crippen LogP contribution in [0, 0.1) is 0 Å². The summed E-state index contributed by atoms with van der Waals surface area (Å²) in [5.41, 5.74) is 5.09. The second-order valence-corrected chi connectivity index (χ2v) is 5.63. The molecule has 0 spiro atoms. The number of nitrogens with two attached hydrogens (primary N) is 1. The van der Waals surface area contributed by atoms with Gasteiger partial charge in [0.2, 0.25) is 5.91 Å². The van der Waals surface area contributed by atoms with Crippen molar-refractivity contribution in [2.45, 2.75) is 63.5 Å². The standard InChI is InChI=1S/C14H29N3O/c1-4-5-6-10-17(3)12-8-7-9-14(11-12,16-2)13(15)18/h12,16H,4-11H2,1-3H3,(H2,15,18). The molecule has 1 rings (SSSR count). The van der Waals surface area contributed by atoms with Crippen molar-refractivity contribution in [2.24, 2.45) is 5.73 Å². The van der Waals surface area contributed by atoms with Gasteiger partial charge < -0.3 is 16.0 Å². The van der Waals surface area contributed by atoms with Crippen LogP contribution in [-0.4, -0.2) is 43.0 Å². The third-order valence-electron chi connectivity index (χ3n) is 4.41. The fourth-order valence-electron chi connectivity index (χ4n) is 2.99. The van der Waals surface area contributed by atoms with Crippen molar-refractivity contribution < 1.29 is 4.79 Å². The fraction of sp³-hybridized carbons (Fsp3) is 0.929. The number of primary amides is 1. The Bertz CT molecular complexity index is 270. The Kier molecular flexibility index (Phi) is 6.09. The maximum absolute atomic E-state index is 11.7. The molecular formula is C14H29N3O. The van der Waals surface area contributed by atoms with Gasteiger partial charge in [0.15, 0.2) is 0 Å². The lowest BCUT2D eigenvalue weighted by atomic mass is 9.78. The lowest BCUT2D eigenvalue weighted by Gasteiger charge is -2.41. The SMILES string of the molecule is CCCCCN(C)C1CCCC(NC)(C(N)=O)C1. The number of carbonyl (C=O) groups is 1. The number of unbranched alkanes of at least 4 members (excludes halogenated alkanes) is 2. The van der Waals surface area contributed by atoms with Gasteiger partial charge in [-0.2, -0.15) is 0 Å². The molecule has 0 aliphatic heterocycles. The summed E-state index contributed by atoms with van der Waals surface area (Å²) in [4.78, 5) is 14.1. The summed E-state index contributed by atoms with van der Waals surface area (Å²) in [5, 5.41) is 3.17. The Morgan fingerprint density at radius 3 is 2.78 bits per heavy atom. The van der Waals surface area contributed by atoms with Crippen LogP contribution in [0.25, 0.3) is 0 Å². The molecular weight excluding hydrogens is 226 g/mol. The molecule has 0 aromatic carbocycles. The van der Waals surface area contributed by atoms with E-state index in [1.54, 1.807) is 0 Å². The molecule has 0 aromatic rings. The molecule has 1 aliphatic rings. The highest BCUT2D eigenvalue weighted by Crippen LogP contribution is 2.30. The smallest absolute Gasteiger partial charge is 0.237 e. The first-order chi connectivity index (χ1) is 8.55. The topological polar surface area (TPSA) is 58.4 Å². The minimum absolute atomic E-state index is 0.198. The molecule has 4 nitrogen and oxygen atoms in total. The van der Waals surface area contributed by atoms with Gasteiger partial charge >= 0.3 is 0 Å². The highest BCUT2D eigenvalue weighted by atomic mass is 16.1. The molecule has 106 valence electrons. The van der Waals surface area contributed by atoms with Gasteiger partial charge in [0.05, 0.1) is 5.54 Å². The first-order valence-electron chi connectivity index (χ1n) is 7.25. The maximum Gasteiger partial charge on any atom is 0.237 e. The van der Waals surface area contributed by atoms with Gasteiger partial charge in [-0.15, -0.1) is 0 Å². The van der Waals surface area contributed by atoms with E-state index < -0.39 is 5.54 Å². The molecule has 2 unspecified atom stereocenters. The monoisotopic (exact) mass is 255 g/mol. The number of amides is 1. The predicted octanol–water partition coefficient (Wildman–Crippen LogP) is 1.49. The number of nitrogens with zero attached hydrogens (tertiary/aromatic N) is 1. The van der Waals surface area contributed by atoms with Crippen LogP contribution < -0.4 is 11.1 Å². The summed E-state index contributed by atoms with van der Waals surface area (Å²) in [5.74, 6) is -0.198. The second-order valence-electron chi connectivity index (χ2n) is 5.63. The second kappa shape index (κ2) is 7.10. The lowest BCUT2D eigenvalue weighted by Crippen LogP contribution is -2.59. The number of carbonyl (C=O) groups excluding carboxylic acids is 1. The molecule has 1 fully saturated rings. The lowest BCUT2D eigenvalue weighted by molar-refractivity contribution is -0.126. The Labute approximate surface area is 111 Å². The number of hydrogen-bond acceptors (Lipinski definition) is 3. The van der Waals surface area contributed by atoms with Crippen LogP contribution in [-0.2, 0) is 4.79 Å². The van der Waals surface area contributed by atoms with Gasteiger partial charge in [-0.25, -0.2) is 0 Å². The van der Waals surface area contributed by atoms with Crippen molar-refractivity contribution in [1.82, 2.24) is 10.2 Å². The van der Waals surface area contributed by atoms with E-state index in [0.29, 0.717) is 6.04 Å². The van der Waals surface area contributed by atoms with Crippen LogP contribution in [0.15, 0.2) is 0 Å². The normalized spacial score (nSPS) is 28.6. The van der Waals surface area contributed by atoms with Crippen LogP contribution in [0.4, 0.5) is 0 Å². The first-order valence-corrected chi connectivity index (χ1v) is 7.25. The summed E-state index contributed by atoms with van der Waals surface area (Å²) >= 11 is 0. The molecule has 1 saturated carbocycles. The van der Waals surface area contributed by atoms with Gasteiger partial charge in [0.25, 0.3) is 0 Å². The number of hydrogen-bond donors (Lipinski definition) is 2. The zero-order valence-corrected chi connectivity index (χ0v) is 12.2. The molecule has 2 atom stereocenters. The van der Waals surface area contributed by atoms with E-state index in [0.717, 1.165) is 25.8 Å². The van der Waals surface area contributed by atoms with Crippen molar-refractivity contribution >= 4 is 5.91 Å². The Balaban J connectivity index is 2.54. The van der Waals surface area contributed by atoms with Gasteiger partial charge in [0.1, 0.15) is 0 Å².